The molecule has 1 aliphatic rings. The molecule has 1 aliphatic heterocycles. The smallest absolute Gasteiger partial charge is 0.244 e. The van der Waals surface area contributed by atoms with Gasteiger partial charge in [-0.25, -0.2) is 0 Å². The number of nitrogens with two attached hydrogens (primary N) is 1. The second-order valence-electron chi connectivity index (χ2n) is 4.87. The lowest BCUT2D eigenvalue weighted by Crippen LogP contribution is -2.31. The van der Waals surface area contributed by atoms with E-state index in [1.165, 1.54) is 0 Å². The van der Waals surface area contributed by atoms with Gasteiger partial charge in [0.1, 0.15) is 6.04 Å². The highest BCUT2D eigenvalue weighted by Gasteiger charge is 2.29. The minimum atomic E-state index is -0.156. The summed E-state index contributed by atoms with van der Waals surface area (Å²) in [6, 6.07) is 5.49. The predicted octanol–water partition coefficient (Wildman–Crippen LogP) is 1.46. The first-order valence-corrected chi connectivity index (χ1v) is 6.30. The van der Waals surface area contributed by atoms with E-state index >= 15 is 0 Å². The second kappa shape index (κ2) is 4.42. The number of pyridine rings is 1. The van der Waals surface area contributed by atoms with Gasteiger partial charge in [0.2, 0.25) is 5.91 Å². The van der Waals surface area contributed by atoms with Crippen LogP contribution in [0.2, 0.25) is 0 Å². The van der Waals surface area contributed by atoms with Gasteiger partial charge in [-0.15, -0.1) is 0 Å². The average Bonchev–Trinajstić information content (AvgIpc) is 2.74. The molecule has 3 N–H and O–H groups in total. The Labute approximate surface area is 111 Å². The van der Waals surface area contributed by atoms with Crippen LogP contribution in [0.5, 0.6) is 0 Å². The van der Waals surface area contributed by atoms with Crippen LogP contribution >= 0.6 is 0 Å². The number of likely N-dealkylation sites (N-methyl/N-ethyl adjacent to an activating group) is 1. The molecule has 1 aromatic carbocycles. The van der Waals surface area contributed by atoms with E-state index in [0.29, 0.717) is 0 Å². The lowest BCUT2D eigenvalue weighted by atomic mass is 10.1. The van der Waals surface area contributed by atoms with E-state index in [0.717, 1.165) is 35.1 Å². The third kappa shape index (κ3) is 1.97. The van der Waals surface area contributed by atoms with E-state index in [2.05, 4.69) is 10.3 Å². The van der Waals surface area contributed by atoms with Crippen molar-refractivity contribution in [3.8, 4) is 0 Å². The Morgan fingerprint density at radius 3 is 2.95 bits per heavy atom. The Morgan fingerprint density at radius 2 is 2.21 bits per heavy atom. The quantitative estimate of drug-likeness (QED) is 0.798. The summed E-state index contributed by atoms with van der Waals surface area (Å²) in [6.07, 6.45) is 4.32. The molecular weight excluding hydrogens is 240 g/mol. The van der Waals surface area contributed by atoms with Crippen molar-refractivity contribution in [2.45, 2.75) is 12.5 Å². The molecule has 0 aliphatic carbocycles. The molecule has 1 aromatic heterocycles. The van der Waals surface area contributed by atoms with Gasteiger partial charge >= 0.3 is 0 Å². The highest BCUT2D eigenvalue weighted by Crippen LogP contribution is 2.28. The summed E-state index contributed by atoms with van der Waals surface area (Å²) in [4.78, 5) is 17.8. The highest BCUT2D eigenvalue weighted by molar-refractivity contribution is 6.01. The fourth-order valence-corrected chi connectivity index (χ4v) is 2.48. The fourth-order valence-electron chi connectivity index (χ4n) is 2.48. The van der Waals surface area contributed by atoms with Crippen molar-refractivity contribution in [1.82, 2.24) is 9.88 Å². The molecule has 19 heavy (non-hydrogen) atoms. The molecule has 0 spiro atoms. The Hall–Kier alpha value is -2.30. The topological polar surface area (TPSA) is 71.2 Å². The SMILES string of the molecule is CN1CCC(Nc2ccc(N)c3ccncc23)C1=O. The third-order valence-electron chi connectivity index (χ3n) is 3.61. The molecule has 0 bridgehead atoms. The number of nitrogen functional groups attached to an aromatic ring is 1. The van der Waals surface area contributed by atoms with Crippen molar-refractivity contribution in [1.29, 1.82) is 0 Å². The van der Waals surface area contributed by atoms with Crippen molar-refractivity contribution < 1.29 is 4.79 Å². The maximum atomic E-state index is 11.9. The lowest BCUT2D eigenvalue weighted by molar-refractivity contribution is -0.127. The van der Waals surface area contributed by atoms with Crippen LogP contribution in [0.15, 0.2) is 30.6 Å². The Morgan fingerprint density at radius 1 is 1.37 bits per heavy atom. The van der Waals surface area contributed by atoms with Gasteiger partial charge in [-0.3, -0.25) is 9.78 Å². The number of benzene rings is 1. The summed E-state index contributed by atoms with van der Waals surface area (Å²) >= 11 is 0. The standard InChI is InChI=1S/C14H16N4O/c1-18-7-5-13(14(18)19)17-12-3-2-11(15)9-4-6-16-8-10(9)12/h2-4,6,8,13,17H,5,7,15H2,1H3. The van der Waals surface area contributed by atoms with Crippen molar-refractivity contribution in [3.63, 3.8) is 0 Å². The van der Waals surface area contributed by atoms with Gasteiger partial charge in [-0.2, -0.15) is 0 Å². The zero-order valence-electron chi connectivity index (χ0n) is 10.8. The number of anilines is 2. The molecule has 5 heteroatoms. The molecule has 1 saturated heterocycles. The van der Waals surface area contributed by atoms with Gasteiger partial charge in [0.25, 0.3) is 0 Å². The average molecular weight is 256 g/mol. The number of fused-ring (bicyclic) bond motifs is 1. The number of nitrogens with zero attached hydrogens (tertiary/aromatic N) is 2. The summed E-state index contributed by atoms with van der Waals surface area (Å²) in [7, 11) is 1.83. The minimum Gasteiger partial charge on any atom is -0.398 e. The predicted molar refractivity (Wildman–Crippen MR) is 75.8 cm³/mol. The Kier molecular flexibility index (Phi) is 2.74. The Balaban J connectivity index is 1.98. The van der Waals surface area contributed by atoms with E-state index in [1.54, 1.807) is 17.3 Å². The summed E-state index contributed by atoms with van der Waals surface area (Å²) in [5.74, 6) is 0.133. The van der Waals surface area contributed by atoms with Crippen molar-refractivity contribution in [3.05, 3.63) is 30.6 Å². The summed E-state index contributed by atoms with van der Waals surface area (Å²) in [5, 5.41) is 5.21. The van der Waals surface area contributed by atoms with Crippen LogP contribution < -0.4 is 11.1 Å². The molecule has 0 saturated carbocycles. The monoisotopic (exact) mass is 256 g/mol. The number of hydrogen-bond donors (Lipinski definition) is 2. The molecule has 1 fully saturated rings. The molecule has 1 unspecified atom stereocenters. The van der Waals surface area contributed by atoms with E-state index in [4.69, 9.17) is 5.73 Å². The number of nitrogens with one attached hydrogen (secondary N) is 1. The fraction of sp³-hybridized carbons (Fsp3) is 0.286. The van der Waals surface area contributed by atoms with E-state index in [1.807, 2.05) is 25.2 Å². The molecule has 1 atom stereocenters. The maximum Gasteiger partial charge on any atom is 0.244 e. The first-order chi connectivity index (χ1) is 9.16. The van der Waals surface area contributed by atoms with Gasteiger partial charge in [0.15, 0.2) is 0 Å². The maximum absolute atomic E-state index is 11.9. The molecular formula is C14H16N4O. The van der Waals surface area contributed by atoms with Crippen LogP contribution in [0.3, 0.4) is 0 Å². The van der Waals surface area contributed by atoms with Gasteiger partial charge in [-0.1, -0.05) is 0 Å². The van der Waals surface area contributed by atoms with Crippen LogP contribution in [0.4, 0.5) is 11.4 Å². The largest absolute Gasteiger partial charge is 0.398 e. The lowest BCUT2D eigenvalue weighted by Gasteiger charge is -2.15. The highest BCUT2D eigenvalue weighted by atomic mass is 16.2. The minimum absolute atomic E-state index is 0.133. The summed E-state index contributed by atoms with van der Waals surface area (Å²) < 4.78 is 0. The van der Waals surface area contributed by atoms with Crippen molar-refractivity contribution in [2.24, 2.45) is 0 Å². The zero-order chi connectivity index (χ0) is 13.4. The van der Waals surface area contributed by atoms with Crippen LogP contribution in [-0.4, -0.2) is 35.4 Å². The number of amides is 1. The van der Waals surface area contributed by atoms with Crippen molar-refractivity contribution in [2.75, 3.05) is 24.6 Å². The van der Waals surface area contributed by atoms with E-state index in [9.17, 15) is 4.79 Å². The first-order valence-electron chi connectivity index (χ1n) is 6.30. The normalized spacial score (nSPS) is 19.1. The van der Waals surface area contributed by atoms with Gasteiger partial charge in [0.05, 0.1) is 0 Å². The molecule has 2 aromatic rings. The van der Waals surface area contributed by atoms with E-state index in [-0.39, 0.29) is 11.9 Å². The summed E-state index contributed by atoms with van der Waals surface area (Å²) in [6.45, 7) is 0.793. The zero-order valence-corrected chi connectivity index (χ0v) is 10.8. The van der Waals surface area contributed by atoms with Gasteiger partial charge in [0, 0.05) is 48.1 Å². The molecule has 2 heterocycles. The number of hydrogen-bond acceptors (Lipinski definition) is 4. The number of carbonyl (C=O) groups is 1. The Bertz CT molecular complexity index is 640. The van der Waals surface area contributed by atoms with E-state index < -0.39 is 0 Å². The van der Waals surface area contributed by atoms with Crippen LogP contribution in [-0.2, 0) is 4.79 Å². The van der Waals surface area contributed by atoms with Crippen LogP contribution in [0, 0.1) is 0 Å². The molecule has 0 radical (unpaired) electrons. The number of carbonyl (C=O) groups excluding carboxylic acids is 1. The number of aromatic nitrogens is 1. The van der Waals surface area contributed by atoms with Crippen LogP contribution in [0.25, 0.3) is 10.8 Å². The van der Waals surface area contributed by atoms with Gasteiger partial charge < -0.3 is 16.0 Å². The van der Waals surface area contributed by atoms with Crippen molar-refractivity contribution >= 4 is 28.1 Å². The number of likely N-dealkylation sites (tertiary alicyclic amines) is 1. The second-order valence-corrected chi connectivity index (χ2v) is 4.87. The number of rotatable bonds is 2. The molecule has 3 rings (SSSR count). The van der Waals surface area contributed by atoms with Crippen LogP contribution in [0.1, 0.15) is 6.42 Å². The third-order valence-corrected chi connectivity index (χ3v) is 3.61. The molecule has 98 valence electrons. The molecule has 1 amide bonds. The summed E-state index contributed by atoms with van der Waals surface area (Å²) in [5.41, 5.74) is 7.58. The van der Waals surface area contributed by atoms with Gasteiger partial charge in [-0.05, 0) is 24.6 Å². The molecule has 5 nitrogen and oxygen atoms in total. The first kappa shape index (κ1) is 11.8.